The Hall–Kier alpha value is -2.30. The number of carbonyl (C=O) groups is 1. The van der Waals surface area contributed by atoms with E-state index in [-0.39, 0.29) is 0 Å². The van der Waals surface area contributed by atoms with Crippen molar-refractivity contribution in [1.82, 2.24) is 9.78 Å². The second-order valence-electron chi connectivity index (χ2n) is 4.64. The highest BCUT2D eigenvalue weighted by molar-refractivity contribution is 5.97. The zero-order chi connectivity index (χ0) is 14.9. The predicted molar refractivity (Wildman–Crippen MR) is 78.2 cm³/mol. The highest BCUT2D eigenvalue weighted by Gasteiger charge is 2.17. The molecule has 0 fully saturated rings. The maximum absolute atomic E-state index is 11.7. The number of carbonyl (C=O) groups excluding carboxylic acids is 1. The molecule has 1 aromatic carbocycles. The fraction of sp³-hybridized carbons (Fsp3) is 0.333. The van der Waals surface area contributed by atoms with Crippen LogP contribution in [0.5, 0.6) is 0 Å². The molecule has 2 N–H and O–H groups in total. The van der Waals surface area contributed by atoms with Gasteiger partial charge in [-0.1, -0.05) is 13.0 Å². The lowest BCUT2D eigenvalue weighted by Gasteiger charge is -2.11. The number of nitrogens with two attached hydrogens (primary N) is 1. The van der Waals surface area contributed by atoms with Crippen LogP contribution in [0, 0.1) is 13.8 Å². The van der Waals surface area contributed by atoms with Crippen LogP contribution in [0.4, 0.5) is 5.69 Å². The van der Waals surface area contributed by atoms with Crippen molar-refractivity contribution in [1.29, 1.82) is 0 Å². The maximum Gasteiger partial charge on any atom is 0.340 e. The number of nitrogen functional groups attached to an aromatic ring is 1. The molecule has 1 heterocycles. The summed E-state index contributed by atoms with van der Waals surface area (Å²) in [7, 11) is 1.34. The van der Waals surface area contributed by atoms with E-state index >= 15 is 0 Å². The van der Waals surface area contributed by atoms with Crippen molar-refractivity contribution in [3.63, 3.8) is 0 Å². The Morgan fingerprint density at radius 1 is 1.40 bits per heavy atom. The number of benzene rings is 1. The second-order valence-corrected chi connectivity index (χ2v) is 4.64. The van der Waals surface area contributed by atoms with Gasteiger partial charge in [-0.05, 0) is 38.0 Å². The molecule has 0 radical (unpaired) electrons. The summed E-state index contributed by atoms with van der Waals surface area (Å²) >= 11 is 0. The molecule has 106 valence electrons. The molecule has 2 aromatic rings. The second kappa shape index (κ2) is 5.36. The molecule has 0 aliphatic heterocycles. The minimum atomic E-state index is -0.443. The topological polar surface area (TPSA) is 70.1 Å². The van der Waals surface area contributed by atoms with Crippen molar-refractivity contribution >= 4 is 11.7 Å². The van der Waals surface area contributed by atoms with E-state index in [4.69, 9.17) is 10.5 Å². The maximum atomic E-state index is 11.7. The number of anilines is 1. The number of ether oxygens (including phenoxy) is 1. The largest absolute Gasteiger partial charge is 0.465 e. The molecule has 5 nitrogen and oxygen atoms in total. The van der Waals surface area contributed by atoms with E-state index in [1.807, 2.05) is 19.9 Å². The van der Waals surface area contributed by atoms with E-state index in [0.717, 1.165) is 17.8 Å². The molecular formula is C15H19N3O2. The molecule has 0 saturated heterocycles. The zero-order valence-electron chi connectivity index (χ0n) is 12.2. The van der Waals surface area contributed by atoms with Gasteiger partial charge in [0, 0.05) is 5.69 Å². The molecule has 0 bridgehead atoms. The van der Waals surface area contributed by atoms with Crippen molar-refractivity contribution in [3.8, 4) is 5.69 Å². The van der Waals surface area contributed by atoms with Gasteiger partial charge in [0.1, 0.15) is 0 Å². The van der Waals surface area contributed by atoms with E-state index in [9.17, 15) is 4.79 Å². The fourth-order valence-electron chi connectivity index (χ4n) is 2.45. The molecule has 2 rings (SSSR count). The Morgan fingerprint density at radius 3 is 2.65 bits per heavy atom. The highest BCUT2D eigenvalue weighted by atomic mass is 16.5. The summed E-state index contributed by atoms with van der Waals surface area (Å²) in [4.78, 5) is 11.7. The van der Waals surface area contributed by atoms with E-state index in [1.165, 1.54) is 12.7 Å². The van der Waals surface area contributed by atoms with Gasteiger partial charge in [-0.2, -0.15) is 5.10 Å². The Labute approximate surface area is 118 Å². The van der Waals surface area contributed by atoms with Crippen LogP contribution in [0.25, 0.3) is 5.69 Å². The van der Waals surface area contributed by atoms with Crippen LogP contribution in [0.3, 0.4) is 0 Å². The van der Waals surface area contributed by atoms with Crippen LogP contribution < -0.4 is 5.73 Å². The van der Waals surface area contributed by atoms with E-state index < -0.39 is 5.97 Å². The van der Waals surface area contributed by atoms with Crippen molar-refractivity contribution < 1.29 is 9.53 Å². The molecule has 0 spiro atoms. The molecule has 1 aromatic heterocycles. The Kier molecular flexibility index (Phi) is 3.79. The number of methoxy groups -OCH3 is 1. The number of esters is 1. The minimum absolute atomic E-state index is 0.357. The molecule has 5 heteroatoms. The van der Waals surface area contributed by atoms with Gasteiger partial charge in [0.2, 0.25) is 0 Å². The first-order valence-electron chi connectivity index (χ1n) is 6.53. The van der Waals surface area contributed by atoms with Gasteiger partial charge in [0.25, 0.3) is 0 Å². The smallest absolute Gasteiger partial charge is 0.340 e. The van der Waals surface area contributed by atoms with E-state index in [2.05, 4.69) is 12.0 Å². The average Bonchev–Trinajstić information content (AvgIpc) is 2.72. The predicted octanol–water partition coefficient (Wildman–Crippen LogP) is 2.42. The molecule has 0 unspecified atom stereocenters. The van der Waals surface area contributed by atoms with Gasteiger partial charge in [-0.15, -0.1) is 0 Å². The highest BCUT2D eigenvalue weighted by Crippen LogP contribution is 2.25. The first kappa shape index (κ1) is 14.1. The molecule has 20 heavy (non-hydrogen) atoms. The summed E-state index contributed by atoms with van der Waals surface area (Å²) in [6, 6.07) is 5.28. The summed E-state index contributed by atoms with van der Waals surface area (Å²) in [5, 5.41) is 4.52. The fourth-order valence-corrected chi connectivity index (χ4v) is 2.45. The lowest BCUT2D eigenvalue weighted by atomic mass is 10.1. The summed E-state index contributed by atoms with van der Waals surface area (Å²) in [5.41, 5.74) is 10.8. The summed E-state index contributed by atoms with van der Waals surface area (Å²) in [5.74, 6) is -0.443. The number of aryl methyl sites for hydroxylation is 1. The van der Waals surface area contributed by atoms with Gasteiger partial charge in [-0.3, -0.25) is 0 Å². The molecule has 0 saturated carbocycles. The summed E-state index contributed by atoms with van der Waals surface area (Å²) in [6.45, 7) is 6.07. The number of rotatable bonds is 3. The summed E-state index contributed by atoms with van der Waals surface area (Å²) in [6.07, 6.45) is 0.911. The molecule has 0 atom stereocenters. The normalized spacial score (nSPS) is 10.6. The number of aromatic nitrogens is 2. The molecule has 0 aliphatic rings. The SMILES string of the molecule is CCc1c(C)nn(-c2cccc(C(=O)OC)c2N)c1C. The number of hydrogen-bond acceptors (Lipinski definition) is 4. The third kappa shape index (κ3) is 2.15. The Balaban J connectivity index is 2.62. The van der Waals surface area contributed by atoms with Gasteiger partial charge in [0.15, 0.2) is 0 Å². The van der Waals surface area contributed by atoms with Crippen LogP contribution >= 0.6 is 0 Å². The number of nitrogens with zero attached hydrogens (tertiary/aromatic N) is 2. The quantitative estimate of drug-likeness (QED) is 0.688. The third-order valence-corrected chi connectivity index (χ3v) is 3.51. The lowest BCUT2D eigenvalue weighted by Crippen LogP contribution is -2.10. The van der Waals surface area contributed by atoms with E-state index in [0.29, 0.717) is 16.9 Å². The summed E-state index contributed by atoms with van der Waals surface area (Å²) < 4.78 is 6.53. The van der Waals surface area contributed by atoms with Crippen LogP contribution in [0.2, 0.25) is 0 Å². The van der Waals surface area contributed by atoms with Crippen LogP contribution in [-0.4, -0.2) is 22.9 Å². The molecule has 0 aliphatic carbocycles. The van der Waals surface area contributed by atoms with Crippen LogP contribution in [0.1, 0.15) is 34.2 Å². The van der Waals surface area contributed by atoms with Crippen molar-refractivity contribution in [2.45, 2.75) is 27.2 Å². The van der Waals surface area contributed by atoms with Crippen LogP contribution in [0.15, 0.2) is 18.2 Å². The van der Waals surface area contributed by atoms with Crippen LogP contribution in [-0.2, 0) is 11.2 Å². The lowest BCUT2D eigenvalue weighted by molar-refractivity contribution is 0.0602. The standard InChI is InChI=1S/C15H19N3O2/c1-5-11-9(2)17-18(10(11)3)13-8-6-7-12(14(13)16)15(19)20-4/h6-8H,5,16H2,1-4H3. The van der Waals surface area contributed by atoms with Crippen molar-refractivity contribution in [2.75, 3.05) is 12.8 Å². The molecule has 0 amide bonds. The van der Waals surface area contributed by atoms with Gasteiger partial charge < -0.3 is 10.5 Å². The minimum Gasteiger partial charge on any atom is -0.465 e. The molecular weight excluding hydrogens is 254 g/mol. The Bertz CT molecular complexity index is 659. The van der Waals surface area contributed by atoms with Crippen molar-refractivity contribution in [3.05, 3.63) is 40.7 Å². The third-order valence-electron chi connectivity index (χ3n) is 3.51. The Morgan fingerprint density at radius 2 is 2.10 bits per heavy atom. The van der Waals surface area contributed by atoms with E-state index in [1.54, 1.807) is 16.8 Å². The number of hydrogen-bond donors (Lipinski definition) is 1. The first-order valence-corrected chi connectivity index (χ1v) is 6.53. The average molecular weight is 273 g/mol. The van der Waals surface area contributed by atoms with Gasteiger partial charge in [-0.25, -0.2) is 9.48 Å². The van der Waals surface area contributed by atoms with Crippen molar-refractivity contribution in [2.24, 2.45) is 0 Å². The first-order chi connectivity index (χ1) is 9.51. The van der Waals surface area contributed by atoms with Gasteiger partial charge >= 0.3 is 5.97 Å². The van der Waals surface area contributed by atoms with Gasteiger partial charge in [0.05, 0.1) is 29.7 Å². The monoisotopic (exact) mass is 273 g/mol. The number of para-hydroxylation sites is 1. The zero-order valence-corrected chi connectivity index (χ0v) is 12.2.